The van der Waals surface area contributed by atoms with Crippen LogP contribution in [0, 0.1) is 0 Å². The van der Waals surface area contributed by atoms with Gasteiger partial charge in [-0.25, -0.2) is 14.3 Å². The highest BCUT2D eigenvalue weighted by molar-refractivity contribution is 5.77. The van der Waals surface area contributed by atoms with Gasteiger partial charge < -0.3 is 10.6 Å². The summed E-state index contributed by atoms with van der Waals surface area (Å²) >= 11 is 0. The van der Waals surface area contributed by atoms with Crippen molar-refractivity contribution in [3.05, 3.63) is 58.1 Å². The van der Waals surface area contributed by atoms with Gasteiger partial charge in [0.05, 0.1) is 0 Å². The van der Waals surface area contributed by atoms with E-state index < -0.39 is 0 Å². The zero-order chi connectivity index (χ0) is 20.0. The van der Waals surface area contributed by atoms with Crippen molar-refractivity contribution < 1.29 is 0 Å². The molecule has 148 valence electrons. The Morgan fingerprint density at radius 1 is 1.21 bits per heavy atom. The predicted molar refractivity (Wildman–Crippen MR) is 111 cm³/mol. The van der Waals surface area contributed by atoms with Crippen LogP contribution >= 0.6 is 0 Å². The third-order valence-electron chi connectivity index (χ3n) is 5.16. The molecule has 0 saturated heterocycles. The Kier molecular flexibility index (Phi) is 4.17. The second-order valence-electron chi connectivity index (χ2n) is 7.45. The Hall–Kier alpha value is -3.46. The maximum absolute atomic E-state index is 12.9. The number of anilines is 2. The Bertz CT molecular complexity index is 1240. The lowest BCUT2D eigenvalue weighted by atomic mass is 10.0. The summed E-state index contributed by atoms with van der Waals surface area (Å²) < 4.78 is 3.38. The number of benzene rings is 1. The first-order valence-electron chi connectivity index (χ1n) is 9.72. The van der Waals surface area contributed by atoms with Crippen LogP contribution in [0.25, 0.3) is 16.9 Å². The molecule has 29 heavy (non-hydrogen) atoms. The van der Waals surface area contributed by atoms with Crippen molar-refractivity contribution in [2.75, 3.05) is 11.9 Å². The van der Waals surface area contributed by atoms with Gasteiger partial charge in [0.25, 0.3) is 5.56 Å². The second kappa shape index (κ2) is 6.85. The summed E-state index contributed by atoms with van der Waals surface area (Å²) in [6, 6.07) is 8.06. The van der Waals surface area contributed by atoms with Crippen LogP contribution in [-0.2, 0) is 13.0 Å². The topological polar surface area (TPSA) is 105 Å². The summed E-state index contributed by atoms with van der Waals surface area (Å²) in [5.74, 6) is 1.04. The smallest absolute Gasteiger partial charge is 0.278 e. The normalized spacial score (nSPS) is 13.8. The lowest BCUT2D eigenvalue weighted by Crippen LogP contribution is -2.24. The van der Waals surface area contributed by atoms with Crippen LogP contribution < -0.4 is 16.2 Å². The lowest BCUT2D eigenvalue weighted by Gasteiger charge is -2.18. The van der Waals surface area contributed by atoms with Crippen molar-refractivity contribution in [1.82, 2.24) is 34.8 Å². The van der Waals surface area contributed by atoms with Crippen LogP contribution in [0.15, 0.2) is 41.5 Å². The average Bonchev–Trinajstić information content (AvgIpc) is 3.34. The number of hydrogen-bond acceptors (Lipinski definition) is 6. The molecule has 0 amide bonds. The average molecular weight is 390 g/mol. The Morgan fingerprint density at radius 3 is 2.90 bits per heavy atom. The first kappa shape index (κ1) is 17.6. The highest BCUT2D eigenvalue weighted by atomic mass is 16.1. The zero-order valence-electron chi connectivity index (χ0n) is 16.3. The molecule has 0 unspecified atom stereocenters. The molecule has 4 heterocycles. The number of H-pyrrole nitrogens is 1. The van der Waals surface area contributed by atoms with E-state index in [9.17, 15) is 4.79 Å². The van der Waals surface area contributed by atoms with Crippen molar-refractivity contribution in [3.63, 3.8) is 0 Å². The van der Waals surface area contributed by atoms with Gasteiger partial charge in [-0.05, 0) is 50.1 Å². The fourth-order valence-electron chi connectivity index (χ4n) is 3.80. The highest BCUT2D eigenvalue weighted by Gasteiger charge is 2.20. The van der Waals surface area contributed by atoms with Crippen LogP contribution in [0.3, 0.4) is 0 Å². The summed E-state index contributed by atoms with van der Waals surface area (Å²) in [7, 11) is 0. The van der Waals surface area contributed by atoms with Crippen molar-refractivity contribution in [1.29, 1.82) is 0 Å². The van der Waals surface area contributed by atoms with Gasteiger partial charge in [0.1, 0.15) is 5.39 Å². The van der Waals surface area contributed by atoms with Crippen molar-refractivity contribution >= 4 is 22.7 Å². The SMILES string of the molecule is CC(C)n1c(=O)c2cnc(Nc3ccc4c(c3)CNCC4)nc2n1-c1cc[nH]n1. The van der Waals surface area contributed by atoms with Crippen LogP contribution in [-0.4, -0.2) is 36.1 Å². The maximum atomic E-state index is 12.9. The molecule has 0 saturated carbocycles. The van der Waals surface area contributed by atoms with Gasteiger partial charge in [0.2, 0.25) is 5.95 Å². The van der Waals surface area contributed by atoms with Gasteiger partial charge in [-0.15, -0.1) is 0 Å². The van der Waals surface area contributed by atoms with E-state index >= 15 is 0 Å². The number of fused-ring (bicyclic) bond motifs is 2. The minimum absolute atomic E-state index is 0.0574. The molecule has 1 aliphatic rings. The molecule has 4 aromatic rings. The molecule has 5 rings (SSSR count). The molecule has 1 aliphatic heterocycles. The Labute approximate surface area is 166 Å². The van der Waals surface area contributed by atoms with E-state index in [2.05, 4.69) is 42.9 Å². The van der Waals surface area contributed by atoms with Crippen LogP contribution in [0.2, 0.25) is 0 Å². The molecule has 0 atom stereocenters. The molecule has 3 N–H and O–H groups in total. The highest BCUT2D eigenvalue weighted by Crippen LogP contribution is 2.23. The van der Waals surface area contributed by atoms with Crippen LogP contribution in [0.1, 0.15) is 31.0 Å². The molecule has 9 heteroatoms. The van der Waals surface area contributed by atoms with Gasteiger partial charge >= 0.3 is 0 Å². The third kappa shape index (κ3) is 2.99. The number of rotatable bonds is 4. The molecule has 9 nitrogen and oxygen atoms in total. The van der Waals surface area contributed by atoms with E-state index in [0.717, 1.165) is 25.2 Å². The van der Waals surface area contributed by atoms with E-state index in [1.165, 1.54) is 11.1 Å². The number of hydrogen-bond donors (Lipinski definition) is 3. The summed E-state index contributed by atoms with van der Waals surface area (Å²) in [4.78, 5) is 21.9. The van der Waals surface area contributed by atoms with Gasteiger partial charge in [-0.2, -0.15) is 10.1 Å². The first-order valence-corrected chi connectivity index (χ1v) is 9.72. The predicted octanol–water partition coefficient (Wildman–Crippen LogP) is 2.28. The lowest BCUT2D eigenvalue weighted by molar-refractivity contribution is 0.471. The first-order chi connectivity index (χ1) is 14.1. The largest absolute Gasteiger partial charge is 0.324 e. The molecule has 0 radical (unpaired) electrons. The van der Waals surface area contributed by atoms with Gasteiger partial charge in [0, 0.05) is 36.7 Å². The molecule has 3 aromatic heterocycles. The third-order valence-corrected chi connectivity index (χ3v) is 5.16. The monoisotopic (exact) mass is 390 g/mol. The van der Waals surface area contributed by atoms with E-state index in [4.69, 9.17) is 0 Å². The van der Waals surface area contributed by atoms with Crippen LogP contribution in [0.4, 0.5) is 11.6 Å². The van der Waals surface area contributed by atoms with Crippen molar-refractivity contribution in [3.8, 4) is 5.82 Å². The maximum Gasteiger partial charge on any atom is 0.278 e. The molecule has 1 aromatic carbocycles. The summed E-state index contributed by atoms with van der Waals surface area (Å²) in [6.45, 7) is 5.78. The van der Waals surface area contributed by atoms with E-state index in [1.54, 1.807) is 21.8 Å². The number of nitrogens with one attached hydrogen (secondary N) is 3. The van der Waals surface area contributed by atoms with Crippen molar-refractivity contribution in [2.45, 2.75) is 32.9 Å². The number of nitrogens with zero attached hydrogens (tertiary/aromatic N) is 5. The van der Waals surface area contributed by atoms with E-state index in [1.807, 2.05) is 26.0 Å². The van der Waals surface area contributed by atoms with Gasteiger partial charge in [0.15, 0.2) is 11.5 Å². The molecule has 0 spiro atoms. The molecular formula is C20H22N8O. The minimum atomic E-state index is -0.135. The Morgan fingerprint density at radius 2 is 2.10 bits per heavy atom. The van der Waals surface area contributed by atoms with Crippen molar-refractivity contribution in [2.24, 2.45) is 0 Å². The summed E-state index contributed by atoms with van der Waals surface area (Å²) in [5.41, 5.74) is 3.95. The standard InChI is InChI=1S/C20H22N8O/c1-12(2)27-19(29)16-11-22-20(25-18(16)28(27)17-6-8-23-26-17)24-15-4-3-13-5-7-21-10-14(13)9-15/h3-4,6,8-9,11-12,21H,5,7,10H2,1-2H3,(H,23,26)(H,22,24,25). The van der Waals surface area contributed by atoms with E-state index in [-0.39, 0.29) is 11.6 Å². The quantitative estimate of drug-likeness (QED) is 0.494. The fourth-order valence-corrected chi connectivity index (χ4v) is 3.80. The van der Waals surface area contributed by atoms with E-state index in [0.29, 0.717) is 22.8 Å². The van der Waals surface area contributed by atoms with Gasteiger partial charge in [-0.1, -0.05) is 6.07 Å². The number of aromatic nitrogens is 6. The summed E-state index contributed by atoms with van der Waals surface area (Å²) in [5, 5.41) is 14.2. The zero-order valence-corrected chi connectivity index (χ0v) is 16.3. The molecule has 0 aliphatic carbocycles. The number of aromatic amines is 1. The molecule has 0 fully saturated rings. The van der Waals surface area contributed by atoms with Gasteiger partial charge in [-0.3, -0.25) is 9.89 Å². The van der Waals surface area contributed by atoms with Crippen LogP contribution in [0.5, 0.6) is 0 Å². The minimum Gasteiger partial charge on any atom is -0.324 e. The Balaban J connectivity index is 1.60. The fraction of sp³-hybridized carbons (Fsp3) is 0.300. The molecular weight excluding hydrogens is 368 g/mol. The molecule has 0 bridgehead atoms. The second-order valence-corrected chi connectivity index (χ2v) is 7.45. The summed E-state index contributed by atoms with van der Waals surface area (Å²) in [6.07, 6.45) is 4.34.